The van der Waals surface area contributed by atoms with Crippen molar-refractivity contribution in [1.82, 2.24) is 19.9 Å². The summed E-state index contributed by atoms with van der Waals surface area (Å²) in [4.78, 5) is 26.6. The Bertz CT molecular complexity index is 1240. The Balaban J connectivity index is 1.45. The molecule has 1 aliphatic heterocycles. The lowest BCUT2D eigenvalue weighted by Crippen LogP contribution is -2.42. The first-order valence-corrected chi connectivity index (χ1v) is 11.8. The molecular formula is C26H28N6O4. The molecule has 0 saturated carbocycles. The van der Waals surface area contributed by atoms with E-state index in [-0.39, 0.29) is 18.6 Å². The smallest absolute Gasteiger partial charge is 0.248 e. The highest BCUT2D eigenvalue weighted by atomic mass is 16.5. The van der Waals surface area contributed by atoms with Gasteiger partial charge >= 0.3 is 0 Å². The number of anilines is 1. The first kappa shape index (κ1) is 25.0. The number of likely N-dealkylation sites (tertiary alicyclic amines) is 1. The third-order valence-corrected chi connectivity index (χ3v) is 5.93. The van der Waals surface area contributed by atoms with Crippen LogP contribution in [0.4, 0.5) is 5.82 Å². The standard InChI is InChI=1S/C26H28N6O4/c27-16-20-15-19(1-2-23(20)36-21-5-10-32(11-6-21)26(35)17-34)22-4-8-29-25(31-22)14-18-3-7-28-24(13-18)30-9-12-33/h1-4,7-8,13,15,21,33-34H,5-6,9-12,14,17H2,(H,28,30). The molecule has 3 aromatic rings. The maximum absolute atomic E-state index is 11.7. The van der Waals surface area contributed by atoms with Crippen LogP contribution in [0, 0.1) is 11.3 Å². The van der Waals surface area contributed by atoms with E-state index in [9.17, 15) is 10.1 Å². The number of carbonyl (C=O) groups excluding carboxylic acids is 1. The maximum Gasteiger partial charge on any atom is 0.248 e. The SMILES string of the molecule is N#Cc1cc(-c2ccnc(Cc3ccnc(NCCO)c3)n2)ccc1OC1CCN(C(=O)CO)CC1. The second-order valence-corrected chi connectivity index (χ2v) is 8.41. The van der Waals surface area contributed by atoms with Crippen LogP contribution in [0.15, 0.2) is 48.8 Å². The van der Waals surface area contributed by atoms with Crippen LogP contribution in [0.3, 0.4) is 0 Å². The highest BCUT2D eigenvalue weighted by Crippen LogP contribution is 2.28. The third-order valence-electron chi connectivity index (χ3n) is 5.93. The van der Waals surface area contributed by atoms with Gasteiger partial charge in [-0.25, -0.2) is 15.0 Å². The topological polar surface area (TPSA) is 144 Å². The number of carbonyl (C=O) groups is 1. The number of hydrogen-bond donors (Lipinski definition) is 3. The summed E-state index contributed by atoms with van der Waals surface area (Å²) in [6.07, 6.45) is 5.08. The molecule has 0 radical (unpaired) electrons. The summed E-state index contributed by atoms with van der Waals surface area (Å²) >= 11 is 0. The molecule has 10 heteroatoms. The van der Waals surface area contributed by atoms with Crippen LogP contribution in [-0.2, 0) is 11.2 Å². The van der Waals surface area contributed by atoms with Gasteiger partial charge in [0.2, 0.25) is 5.91 Å². The Hall–Kier alpha value is -4.07. The summed E-state index contributed by atoms with van der Waals surface area (Å²) in [6, 6.07) is 13.2. The predicted octanol–water partition coefficient (Wildman–Crippen LogP) is 1.77. The summed E-state index contributed by atoms with van der Waals surface area (Å²) in [7, 11) is 0. The molecule has 36 heavy (non-hydrogen) atoms. The van der Waals surface area contributed by atoms with Crippen LogP contribution >= 0.6 is 0 Å². The predicted molar refractivity (Wildman–Crippen MR) is 132 cm³/mol. The van der Waals surface area contributed by atoms with Crippen LogP contribution in [-0.4, -0.2) is 74.9 Å². The van der Waals surface area contributed by atoms with Crippen molar-refractivity contribution in [2.24, 2.45) is 0 Å². The number of nitrogens with zero attached hydrogens (tertiary/aromatic N) is 5. The van der Waals surface area contributed by atoms with Crippen LogP contribution in [0.2, 0.25) is 0 Å². The highest BCUT2D eigenvalue weighted by molar-refractivity contribution is 5.77. The molecule has 3 heterocycles. The van der Waals surface area contributed by atoms with E-state index in [0.717, 1.165) is 11.1 Å². The Kier molecular flexibility index (Phi) is 8.39. The Morgan fingerprint density at radius 1 is 1.14 bits per heavy atom. The maximum atomic E-state index is 11.7. The van der Waals surface area contributed by atoms with Gasteiger partial charge in [-0.05, 0) is 42.0 Å². The van der Waals surface area contributed by atoms with Crippen LogP contribution < -0.4 is 10.1 Å². The molecule has 3 N–H and O–H groups in total. The van der Waals surface area contributed by atoms with Crippen molar-refractivity contribution in [1.29, 1.82) is 5.26 Å². The van der Waals surface area contributed by atoms with Crippen molar-refractivity contribution < 1.29 is 19.7 Å². The van der Waals surface area contributed by atoms with E-state index in [1.54, 1.807) is 35.5 Å². The van der Waals surface area contributed by atoms with Gasteiger partial charge in [0.1, 0.15) is 36.2 Å². The van der Waals surface area contributed by atoms with Crippen molar-refractivity contribution in [3.05, 3.63) is 65.7 Å². The normalized spacial score (nSPS) is 13.8. The zero-order valence-electron chi connectivity index (χ0n) is 19.8. The van der Waals surface area contributed by atoms with E-state index in [1.165, 1.54) is 0 Å². The van der Waals surface area contributed by atoms with Gasteiger partial charge in [0.05, 0.1) is 17.9 Å². The molecule has 1 saturated heterocycles. The summed E-state index contributed by atoms with van der Waals surface area (Å²) < 4.78 is 6.09. The summed E-state index contributed by atoms with van der Waals surface area (Å²) in [6.45, 7) is 0.999. The van der Waals surface area contributed by atoms with Crippen molar-refractivity contribution in [2.75, 3.05) is 38.2 Å². The fourth-order valence-electron chi connectivity index (χ4n) is 4.07. The van der Waals surface area contributed by atoms with E-state index >= 15 is 0 Å². The molecule has 1 amide bonds. The molecule has 0 bridgehead atoms. The van der Waals surface area contributed by atoms with E-state index in [0.29, 0.717) is 67.5 Å². The number of piperidine rings is 1. The number of pyridine rings is 1. The van der Waals surface area contributed by atoms with Crippen LogP contribution in [0.1, 0.15) is 29.8 Å². The monoisotopic (exact) mass is 488 g/mol. The number of amides is 1. The quantitative estimate of drug-likeness (QED) is 0.410. The highest BCUT2D eigenvalue weighted by Gasteiger charge is 2.24. The van der Waals surface area contributed by atoms with Gasteiger partial charge < -0.3 is 25.2 Å². The fourth-order valence-corrected chi connectivity index (χ4v) is 4.07. The Morgan fingerprint density at radius 2 is 1.94 bits per heavy atom. The summed E-state index contributed by atoms with van der Waals surface area (Å²) in [5.41, 5.74) is 2.88. The van der Waals surface area contributed by atoms with Crippen molar-refractivity contribution >= 4 is 11.7 Å². The van der Waals surface area contributed by atoms with Gasteiger partial charge in [0, 0.05) is 56.9 Å². The van der Waals surface area contributed by atoms with Gasteiger partial charge in [0.15, 0.2) is 0 Å². The minimum Gasteiger partial charge on any atom is -0.489 e. The molecule has 2 aromatic heterocycles. The molecule has 0 atom stereocenters. The first-order chi connectivity index (χ1) is 17.6. The minimum atomic E-state index is -0.484. The van der Waals surface area contributed by atoms with E-state index in [2.05, 4.69) is 26.3 Å². The molecular weight excluding hydrogens is 460 g/mol. The largest absolute Gasteiger partial charge is 0.489 e. The van der Waals surface area contributed by atoms with Gasteiger partial charge in [-0.15, -0.1) is 0 Å². The fraction of sp³-hybridized carbons (Fsp3) is 0.346. The Labute approximate surface area is 209 Å². The van der Waals surface area contributed by atoms with Gasteiger partial charge in [0.25, 0.3) is 0 Å². The van der Waals surface area contributed by atoms with Crippen molar-refractivity contribution in [3.8, 4) is 23.1 Å². The molecule has 0 spiro atoms. The van der Waals surface area contributed by atoms with Crippen LogP contribution in [0.5, 0.6) is 5.75 Å². The Morgan fingerprint density at radius 3 is 2.69 bits per heavy atom. The lowest BCUT2D eigenvalue weighted by Gasteiger charge is -2.32. The second-order valence-electron chi connectivity index (χ2n) is 8.41. The summed E-state index contributed by atoms with van der Waals surface area (Å²) in [5, 5.41) is 30.8. The molecule has 1 aliphatic rings. The van der Waals surface area contributed by atoms with Crippen molar-refractivity contribution in [2.45, 2.75) is 25.4 Å². The zero-order chi connectivity index (χ0) is 25.3. The average molecular weight is 489 g/mol. The molecule has 10 nitrogen and oxygen atoms in total. The lowest BCUT2D eigenvalue weighted by molar-refractivity contribution is -0.135. The van der Waals surface area contributed by atoms with Gasteiger partial charge in [-0.3, -0.25) is 4.79 Å². The van der Waals surface area contributed by atoms with Gasteiger partial charge in [-0.2, -0.15) is 5.26 Å². The van der Waals surface area contributed by atoms with E-state index in [4.69, 9.17) is 14.9 Å². The number of ether oxygens (including phenoxy) is 1. The number of benzene rings is 1. The molecule has 1 fully saturated rings. The molecule has 0 unspecified atom stereocenters. The minimum absolute atomic E-state index is 0.0243. The summed E-state index contributed by atoms with van der Waals surface area (Å²) in [5.74, 6) is 1.54. The second kappa shape index (κ2) is 12.1. The third kappa shape index (κ3) is 6.33. The van der Waals surface area contributed by atoms with Gasteiger partial charge in [-0.1, -0.05) is 0 Å². The number of nitriles is 1. The molecule has 186 valence electrons. The molecule has 0 aliphatic carbocycles. The van der Waals surface area contributed by atoms with Crippen molar-refractivity contribution in [3.63, 3.8) is 0 Å². The number of aliphatic hydroxyl groups excluding tert-OH is 2. The number of aliphatic hydroxyl groups is 2. The lowest BCUT2D eigenvalue weighted by atomic mass is 10.1. The van der Waals surface area contributed by atoms with E-state index in [1.807, 2.05) is 18.2 Å². The van der Waals surface area contributed by atoms with Crippen LogP contribution in [0.25, 0.3) is 11.3 Å². The number of nitrogens with one attached hydrogen (secondary N) is 1. The number of aromatic nitrogens is 3. The zero-order valence-corrected chi connectivity index (χ0v) is 19.8. The molecule has 4 rings (SSSR count). The number of hydrogen-bond acceptors (Lipinski definition) is 9. The molecule has 1 aromatic carbocycles. The first-order valence-electron chi connectivity index (χ1n) is 11.8. The van der Waals surface area contributed by atoms with E-state index < -0.39 is 6.61 Å². The average Bonchev–Trinajstić information content (AvgIpc) is 2.92. The number of rotatable bonds is 9.